The van der Waals surface area contributed by atoms with Crippen LogP contribution in [0.5, 0.6) is 0 Å². The highest BCUT2D eigenvalue weighted by atomic mass is 16.7. The molecule has 1 amide bonds. The zero-order valence-corrected chi connectivity index (χ0v) is 41.9. The molecule has 0 aromatic rings. The van der Waals surface area contributed by atoms with Crippen LogP contribution in [0.1, 0.15) is 213 Å². The van der Waals surface area contributed by atoms with Gasteiger partial charge in [0.15, 0.2) is 12.6 Å². The highest BCUT2D eigenvalue weighted by Crippen LogP contribution is 2.30. The van der Waals surface area contributed by atoms with Crippen LogP contribution in [-0.2, 0) is 23.7 Å². The van der Waals surface area contributed by atoms with Crippen molar-refractivity contribution in [2.75, 3.05) is 19.8 Å². The predicted molar refractivity (Wildman–Crippen MR) is 263 cm³/mol. The van der Waals surface area contributed by atoms with Gasteiger partial charge in [0.1, 0.15) is 48.8 Å². The summed E-state index contributed by atoms with van der Waals surface area (Å²) in [6.45, 7) is 2.77. The van der Waals surface area contributed by atoms with Crippen LogP contribution < -0.4 is 5.32 Å². The molecule has 2 rings (SSSR count). The van der Waals surface area contributed by atoms with Gasteiger partial charge in [0.2, 0.25) is 5.91 Å². The first-order valence-corrected chi connectivity index (χ1v) is 27.1. The number of unbranched alkanes of at least 4 members (excludes halogenated alkanes) is 27. The monoisotopic (exact) mass is 958 g/mol. The summed E-state index contributed by atoms with van der Waals surface area (Å²) < 4.78 is 22.7. The molecule has 12 atom stereocenters. The Kier molecular flexibility index (Phi) is 36.9. The van der Waals surface area contributed by atoms with E-state index in [1.54, 1.807) is 6.08 Å². The number of ether oxygens (including phenoxy) is 4. The number of amides is 1. The van der Waals surface area contributed by atoms with Gasteiger partial charge >= 0.3 is 0 Å². The Balaban J connectivity index is 1.80. The van der Waals surface area contributed by atoms with Crippen molar-refractivity contribution in [3.05, 3.63) is 24.3 Å². The molecule has 14 heteroatoms. The Morgan fingerprint density at radius 1 is 0.522 bits per heavy atom. The molecule has 2 saturated heterocycles. The summed E-state index contributed by atoms with van der Waals surface area (Å²) in [4.78, 5) is 13.2. The highest BCUT2D eigenvalue weighted by Gasteiger charge is 2.51. The van der Waals surface area contributed by atoms with Gasteiger partial charge in [0.05, 0.1) is 32.0 Å². The Morgan fingerprint density at radius 2 is 0.955 bits per heavy atom. The fourth-order valence-corrected chi connectivity index (χ4v) is 8.95. The molecule has 2 aliphatic rings. The highest BCUT2D eigenvalue weighted by molar-refractivity contribution is 5.76. The van der Waals surface area contributed by atoms with Crippen LogP contribution in [0.15, 0.2) is 24.3 Å². The van der Waals surface area contributed by atoms with E-state index in [4.69, 9.17) is 18.9 Å². The summed E-state index contributed by atoms with van der Waals surface area (Å²) >= 11 is 0. The van der Waals surface area contributed by atoms with Gasteiger partial charge in [-0.25, -0.2) is 0 Å². The summed E-state index contributed by atoms with van der Waals surface area (Å²) in [5, 5.41) is 86.8. The van der Waals surface area contributed by atoms with E-state index < -0.39 is 86.8 Å². The molecule has 394 valence electrons. The second-order valence-electron chi connectivity index (χ2n) is 19.4. The lowest BCUT2D eigenvalue weighted by atomic mass is 9.97. The lowest BCUT2D eigenvalue weighted by Crippen LogP contribution is -2.65. The normalized spacial score (nSPS) is 26.7. The third-order valence-electron chi connectivity index (χ3n) is 13.4. The molecule has 0 bridgehead atoms. The number of carbonyl (C=O) groups excluding carboxylic acids is 1. The van der Waals surface area contributed by atoms with Gasteiger partial charge in [-0.15, -0.1) is 0 Å². The molecule has 0 aliphatic carbocycles. The molecule has 9 N–H and O–H groups in total. The Hall–Kier alpha value is -1.53. The molecule has 0 aromatic carbocycles. The number of allylic oxidation sites excluding steroid dienone is 3. The van der Waals surface area contributed by atoms with Crippen LogP contribution in [0.4, 0.5) is 0 Å². The van der Waals surface area contributed by atoms with Crippen LogP contribution in [0.25, 0.3) is 0 Å². The third kappa shape index (κ3) is 27.0. The topological polar surface area (TPSA) is 228 Å². The number of rotatable bonds is 42. The first-order valence-electron chi connectivity index (χ1n) is 27.1. The van der Waals surface area contributed by atoms with Gasteiger partial charge in [-0.2, -0.15) is 0 Å². The van der Waals surface area contributed by atoms with Crippen LogP contribution in [0, 0.1) is 0 Å². The Bertz CT molecular complexity index is 1220. The molecule has 2 aliphatic heterocycles. The van der Waals surface area contributed by atoms with E-state index in [0.29, 0.717) is 12.8 Å². The number of aliphatic hydroxyl groups excluding tert-OH is 8. The minimum absolute atomic E-state index is 0.247. The summed E-state index contributed by atoms with van der Waals surface area (Å²) in [6, 6.07) is -0.926. The van der Waals surface area contributed by atoms with Crippen molar-refractivity contribution in [1.29, 1.82) is 0 Å². The Morgan fingerprint density at radius 3 is 1.46 bits per heavy atom. The lowest BCUT2D eigenvalue weighted by molar-refractivity contribution is -0.359. The maximum atomic E-state index is 13.2. The molecule has 14 nitrogen and oxygen atoms in total. The van der Waals surface area contributed by atoms with Crippen molar-refractivity contribution < 1.29 is 64.6 Å². The zero-order chi connectivity index (χ0) is 48.9. The molecule has 0 radical (unpaired) electrons. The quantitative estimate of drug-likeness (QED) is 0.0211. The van der Waals surface area contributed by atoms with Crippen LogP contribution in [0.2, 0.25) is 0 Å². The standard InChI is InChI=1S/C53H99NO13/c1-3-5-7-9-11-13-15-17-18-19-20-21-22-23-25-27-29-31-33-35-37-45(58)54-41(42(57)36-34-32-30-28-26-24-16-14-12-10-8-6-4-2)40-64-52-50(63)48(61)51(44(39-56)66-52)67-53-49(62)47(60)46(59)43(38-55)65-53/h26,28,34,36,41-44,46-53,55-57,59-63H,3-25,27,29-33,35,37-40H2,1-2H3,(H,54,58)/b28-26+,36-34+. The number of hydrogen-bond acceptors (Lipinski definition) is 13. The minimum atomic E-state index is -1.79. The summed E-state index contributed by atoms with van der Waals surface area (Å²) in [6.07, 6.45) is 27.9. The van der Waals surface area contributed by atoms with Gasteiger partial charge in [-0.05, 0) is 32.1 Å². The first kappa shape index (κ1) is 61.6. The maximum Gasteiger partial charge on any atom is 0.220 e. The second kappa shape index (κ2) is 40.1. The fraction of sp³-hybridized carbons (Fsp3) is 0.906. The van der Waals surface area contributed by atoms with Crippen molar-refractivity contribution in [2.24, 2.45) is 0 Å². The average molecular weight is 958 g/mol. The van der Waals surface area contributed by atoms with E-state index >= 15 is 0 Å². The molecule has 67 heavy (non-hydrogen) atoms. The molecule has 0 aromatic heterocycles. The van der Waals surface area contributed by atoms with Gasteiger partial charge < -0.3 is 65.1 Å². The van der Waals surface area contributed by atoms with E-state index in [0.717, 1.165) is 32.1 Å². The van der Waals surface area contributed by atoms with E-state index in [-0.39, 0.29) is 18.9 Å². The number of hydrogen-bond donors (Lipinski definition) is 9. The van der Waals surface area contributed by atoms with Crippen LogP contribution in [0.3, 0.4) is 0 Å². The molecule has 2 fully saturated rings. The minimum Gasteiger partial charge on any atom is -0.394 e. The summed E-state index contributed by atoms with van der Waals surface area (Å²) in [7, 11) is 0. The van der Waals surface area contributed by atoms with Gasteiger partial charge in [-0.1, -0.05) is 199 Å². The van der Waals surface area contributed by atoms with Crippen molar-refractivity contribution in [1.82, 2.24) is 5.32 Å². The molecular weight excluding hydrogens is 859 g/mol. The number of carbonyl (C=O) groups is 1. The molecule has 0 spiro atoms. The van der Waals surface area contributed by atoms with E-state index in [2.05, 4.69) is 31.3 Å². The summed E-state index contributed by atoms with van der Waals surface area (Å²) in [5.74, 6) is -0.247. The molecule has 0 saturated carbocycles. The van der Waals surface area contributed by atoms with Crippen molar-refractivity contribution in [3.8, 4) is 0 Å². The average Bonchev–Trinajstić information content (AvgIpc) is 3.32. The van der Waals surface area contributed by atoms with Crippen molar-refractivity contribution >= 4 is 5.91 Å². The lowest BCUT2D eigenvalue weighted by Gasteiger charge is -2.46. The van der Waals surface area contributed by atoms with E-state index in [1.807, 2.05) is 6.08 Å². The van der Waals surface area contributed by atoms with E-state index in [1.165, 1.54) is 148 Å². The second-order valence-corrected chi connectivity index (χ2v) is 19.4. The first-order chi connectivity index (χ1) is 32.6. The van der Waals surface area contributed by atoms with Crippen LogP contribution in [-0.4, -0.2) is 140 Å². The maximum absolute atomic E-state index is 13.2. The van der Waals surface area contributed by atoms with Gasteiger partial charge in [0.25, 0.3) is 0 Å². The van der Waals surface area contributed by atoms with Crippen molar-refractivity contribution in [3.63, 3.8) is 0 Å². The fourth-order valence-electron chi connectivity index (χ4n) is 8.95. The summed E-state index contributed by atoms with van der Waals surface area (Å²) in [5.41, 5.74) is 0. The van der Waals surface area contributed by atoms with Crippen LogP contribution >= 0.6 is 0 Å². The Labute approximate surface area is 405 Å². The molecule has 12 unspecified atom stereocenters. The van der Waals surface area contributed by atoms with Gasteiger partial charge in [0, 0.05) is 6.42 Å². The van der Waals surface area contributed by atoms with Crippen molar-refractivity contribution in [2.45, 2.75) is 286 Å². The smallest absolute Gasteiger partial charge is 0.220 e. The van der Waals surface area contributed by atoms with Gasteiger partial charge in [-0.3, -0.25) is 4.79 Å². The number of aliphatic hydroxyl groups is 8. The molecular formula is C53H99NO13. The molecule has 2 heterocycles. The SMILES string of the molecule is CCCCCCCCC/C=C/CC/C=C/C(O)C(COC1OC(CO)C(OC2OC(CO)C(O)C(O)C2O)C(O)C1O)NC(=O)CCCCCCCCCCCCCCCCCCCCCC. The number of nitrogens with one attached hydrogen (secondary N) is 1. The third-order valence-corrected chi connectivity index (χ3v) is 13.4. The zero-order valence-electron chi connectivity index (χ0n) is 41.9. The van der Waals surface area contributed by atoms with E-state index in [9.17, 15) is 45.6 Å². The predicted octanol–water partition coefficient (Wildman–Crippen LogP) is 7.72. The largest absolute Gasteiger partial charge is 0.394 e.